The first-order chi connectivity index (χ1) is 36.5. The Morgan fingerprint density at radius 2 is 0.676 bits per heavy atom. The van der Waals surface area contributed by atoms with Gasteiger partial charge in [-0.05, 0) is 57.8 Å². The van der Waals surface area contributed by atoms with E-state index in [1.807, 2.05) is 0 Å². The first-order valence-electron chi connectivity index (χ1n) is 33.6. The highest BCUT2D eigenvalue weighted by Gasteiger charge is 2.20. The van der Waals surface area contributed by atoms with Crippen molar-refractivity contribution in [3.8, 4) is 0 Å². The number of unbranched alkanes of at least 4 members (excludes halogenated alkanes) is 48. The molecule has 6 heteroatoms. The van der Waals surface area contributed by atoms with Gasteiger partial charge in [0, 0.05) is 12.8 Å². The lowest BCUT2D eigenvalue weighted by atomic mass is 10.0. The van der Waals surface area contributed by atoms with E-state index in [0.717, 1.165) is 44.9 Å². The molecule has 0 radical (unpaired) electrons. The average Bonchev–Trinajstić information content (AvgIpc) is 3.40. The van der Waals surface area contributed by atoms with Crippen molar-refractivity contribution in [2.75, 3.05) is 13.2 Å². The largest absolute Gasteiger partial charge is 0.466 e. The summed E-state index contributed by atoms with van der Waals surface area (Å²) in [7, 11) is 0. The summed E-state index contributed by atoms with van der Waals surface area (Å²) in [5.41, 5.74) is 0. The van der Waals surface area contributed by atoms with Crippen LogP contribution in [0.1, 0.15) is 373 Å². The molecule has 0 rings (SSSR count). The number of hydrogen-bond acceptors (Lipinski definition) is 5. The van der Waals surface area contributed by atoms with Crippen LogP contribution in [0.4, 0.5) is 0 Å². The second-order valence-electron chi connectivity index (χ2n) is 23.2. The third-order valence-corrected chi connectivity index (χ3v) is 15.8. The summed E-state index contributed by atoms with van der Waals surface area (Å²) in [5, 5.41) is 23.2. The number of aliphatic hydroxyl groups excluding tert-OH is 2. The van der Waals surface area contributed by atoms with Crippen molar-refractivity contribution in [3.63, 3.8) is 0 Å². The minimum Gasteiger partial charge on any atom is -0.466 e. The summed E-state index contributed by atoms with van der Waals surface area (Å²) in [5.74, 6) is -0.0219. The molecule has 0 spiro atoms. The van der Waals surface area contributed by atoms with Crippen molar-refractivity contribution >= 4 is 11.9 Å². The van der Waals surface area contributed by atoms with Crippen LogP contribution in [0.25, 0.3) is 0 Å². The number of allylic oxidation sites excluding steroid dienone is 4. The van der Waals surface area contributed by atoms with Gasteiger partial charge in [-0.2, -0.15) is 0 Å². The van der Waals surface area contributed by atoms with Crippen molar-refractivity contribution in [2.45, 2.75) is 386 Å². The normalized spacial score (nSPS) is 12.6. The Labute approximate surface area is 462 Å². The van der Waals surface area contributed by atoms with Gasteiger partial charge >= 0.3 is 5.97 Å². The number of ether oxygens (including phenoxy) is 1. The van der Waals surface area contributed by atoms with Gasteiger partial charge in [0.2, 0.25) is 5.91 Å². The van der Waals surface area contributed by atoms with Gasteiger partial charge in [0.15, 0.2) is 0 Å². The third kappa shape index (κ3) is 59.6. The minimum absolute atomic E-state index is 0.0159. The fraction of sp³-hybridized carbons (Fsp3) is 0.912. The van der Waals surface area contributed by atoms with Gasteiger partial charge in [-0.15, -0.1) is 0 Å². The van der Waals surface area contributed by atoms with E-state index in [1.165, 1.54) is 295 Å². The summed E-state index contributed by atoms with van der Waals surface area (Å²) in [4.78, 5) is 24.6. The highest BCUT2D eigenvalue weighted by molar-refractivity contribution is 5.76. The monoisotopic (exact) mass is 1040 g/mol. The third-order valence-electron chi connectivity index (χ3n) is 15.8. The quantitative estimate of drug-likeness (QED) is 0.0320. The van der Waals surface area contributed by atoms with Gasteiger partial charge < -0.3 is 20.3 Å². The van der Waals surface area contributed by atoms with Crippen LogP contribution in [0.5, 0.6) is 0 Å². The molecule has 2 unspecified atom stereocenters. The van der Waals surface area contributed by atoms with Crippen molar-refractivity contribution in [1.82, 2.24) is 5.32 Å². The van der Waals surface area contributed by atoms with E-state index in [2.05, 4.69) is 43.5 Å². The molecule has 0 aliphatic rings. The summed E-state index contributed by atoms with van der Waals surface area (Å²) < 4.78 is 5.50. The number of esters is 1. The summed E-state index contributed by atoms with van der Waals surface area (Å²) in [6.45, 7) is 4.97. The van der Waals surface area contributed by atoms with Crippen LogP contribution in [-0.2, 0) is 14.3 Å². The molecule has 74 heavy (non-hydrogen) atoms. The van der Waals surface area contributed by atoms with E-state index in [1.54, 1.807) is 0 Å². The molecule has 0 heterocycles. The molecule has 0 aromatic rings. The van der Waals surface area contributed by atoms with E-state index in [9.17, 15) is 19.8 Å². The first kappa shape index (κ1) is 72.3. The maximum absolute atomic E-state index is 12.5. The number of carbonyl (C=O) groups is 2. The fourth-order valence-corrected chi connectivity index (χ4v) is 10.6. The highest BCUT2D eigenvalue weighted by atomic mass is 16.5. The van der Waals surface area contributed by atoms with Gasteiger partial charge in [0.05, 0.1) is 25.4 Å². The molecule has 3 N–H and O–H groups in total. The molecule has 0 aromatic carbocycles. The minimum atomic E-state index is -0.665. The Morgan fingerprint density at radius 3 is 1.03 bits per heavy atom. The molecule has 6 nitrogen and oxygen atoms in total. The average molecular weight is 1040 g/mol. The maximum atomic E-state index is 12.5. The molecule has 0 bridgehead atoms. The van der Waals surface area contributed by atoms with Crippen LogP contribution in [0.3, 0.4) is 0 Å². The zero-order valence-electron chi connectivity index (χ0n) is 50.1. The first-order valence-corrected chi connectivity index (χ1v) is 33.6. The Morgan fingerprint density at radius 1 is 0.378 bits per heavy atom. The lowest BCUT2D eigenvalue weighted by Gasteiger charge is -2.22. The van der Waals surface area contributed by atoms with E-state index in [4.69, 9.17) is 4.74 Å². The van der Waals surface area contributed by atoms with E-state index in [0.29, 0.717) is 25.9 Å². The molecule has 0 aliphatic carbocycles. The molecule has 1 amide bonds. The van der Waals surface area contributed by atoms with Crippen LogP contribution in [-0.4, -0.2) is 47.4 Å². The molecule has 0 aromatic heterocycles. The second kappa shape index (κ2) is 63.9. The number of carbonyl (C=O) groups excluding carboxylic acids is 2. The number of hydrogen-bond donors (Lipinski definition) is 3. The molecule has 0 aliphatic heterocycles. The van der Waals surface area contributed by atoms with E-state index < -0.39 is 12.1 Å². The SMILES string of the molecule is CCCCCCCCCCCCCCCCCCCCCC(=O)OCCCCCCCCCCC/C=C\C/C=C\CCCCCCCCCCCCCC(=O)NC(CO)C(O)CCCCCCCCCCCCC. The number of nitrogens with one attached hydrogen (secondary N) is 1. The predicted octanol–water partition coefficient (Wildman–Crippen LogP) is 21.4. The zero-order valence-corrected chi connectivity index (χ0v) is 50.1. The topological polar surface area (TPSA) is 95.9 Å². The smallest absolute Gasteiger partial charge is 0.305 e. The molecule has 438 valence electrons. The standard InChI is InChI=1S/C68H131NO5/c1-3-5-7-9-11-13-15-16-17-18-28-32-35-38-42-46-50-54-58-62-68(73)74-63-59-55-51-47-43-39-36-33-30-27-25-23-21-19-20-22-24-26-29-31-34-37-41-45-49-53-57-61-67(72)69-65(64-70)66(71)60-56-52-48-44-40-14-12-10-8-6-4-2/h19-20,23,25,65-66,70-71H,3-18,21-22,24,26-64H2,1-2H3,(H,69,72)/b20-19-,25-23-. The Balaban J connectivity index is 3.37. The summed E-state index contributed by atoms with van der Waals surface area (Å²) >= 11 is 0. The van der Waals surface area contributed by atoms with Crippen LogP contribution in [0.15, 0.2) is 24.3 Å². The van der Waals surface area contributed by atoms with Gasteiger partial charge in [-0.1, -0.05) is 327 Å². The Kier molecular flexibility index (Phi) is 62.4. The lowest BCUT2D eigenvalue weighted by molar-refractivity contribution is -0.143. The number of rotatable bonds is 63. The van der Waals surface area contributed by atoms with Crippen LogP contribution in [0.2, 0.25) is 0 Å². The number of aliphatic hydroxyl groups is 2. The second-order valence-corrected chi connectivity index (χ2v) is 23.2. The van der Waals surface area contributed by atoms with Gasteiger partial charge in [0.1, 0.15) is 0 Å². The molecular weight excluding hydrogens is 911 g/mol. The molecular formula is C68H131NO5. The van der Waals surface area contributed by atoms with Crippen LogP contribution < -0.4 is 5.32 Å². The van der Waals surface area contributed by atoms with Crippen LogP contribution >= 0.6 is 0 Å². The molecule has 0 saturated carbocycles. The van der Waals surface area contributed by atoms with Crippen molar-refractivity contribution in [3.05, 3.63) is 24.3 Å². The fourth-order valence-electron chi connectivity index (χ4n) is 10.6. The maximum Gasteiger partial charge on any atom is 0.305 e. The Hall–Kier alpha value is -1.66. The zero-order chi connectivity index (χ0) is 53.6. The molecule has 0 fully saturated rings. The summed E-state index contributed by atoms with van der Waals surface area (Å²) in [6, 6.07) is -0.542. The van der Waals surface area contributed by atoms with E-state index in [-0.39, 0.29) is 18.5 Å². The lowest BCUT2D eigenvalue weighted by Crippen LogP contribution is -2.45. The molecule has 2 atom stereocenters. The van der Waals surface area contributed by atoms with Gasteiger partial charge in [-0.25, -0.2) is 0 Å². The van der Waals surface area contributed by atoms with Crippen molar-refractivity contribution in [1.29, 1.82) is 0 Å². The van der Waals surface area contributed by atoms with Crippen molar-refractivity contribution < 1.29 is 24.5 Å². The number of amides is 1. The van der Waals surface area contributed by atoms with E-state index >= 15 is 0 Å². The van der Waals surface area contributed by atoms with Gasteiger partial charge in [0.25, 0.3) is 0 Å². The predicted molar refractivity (Wildman–Crippen MR) is 324 cm³/mol. The Bertz CT molecular complexity index is 1150. The highest BCUT2D eigenvalue weighted by Crippen LogP contribution is 2.18. The molecule has 0 saturated heterocycles. The summed E-state index contributed by atoms with van der Waals surface area (Å²) in [6.07, 6.45) is 79.3. The van der Waals surface area contributed by atoms with Gasteiger partial charge in [-0.3, -0.25) is 9.59 Å². The van der Waals surface area contributed by atoms with Crippen LogP contribution in [0, 0.1) is 0 Å². The van der Waals surface area contributed by atoms with Crippen molar-refractivity contribution in [2.24, 2.45) is 0 Å².